The van der Waals surface area contributed by atoms with Crippen molar-refractivity contribution in [1.29, 1.82) is 0 Å². The van der Waals surface area contributed by atoms with E-state index in [1.165, 1.54) is 0 Å². The van der Waals surface area contributed by atoms with Gasteiger partial charge in [0.2, 0.25) is 10.0 Å². The van der Waals surface area contributed by atoms with E-state index in [9.17, 15) is 8.42 Å². The number of hydrogen-bond acceptors (Lipinski definition) is 3. The van der Waals surface area contributed by atoms with Crippen LogP contribution in [0.15, 0.2) is 24.3 Å². The largest absolute Gasteiger partial charge is 0.398 e. The molecule has 0 saturated heterocycles. The summed E-state index contributed by atoms with van der Waals surface area (Å²) in [5, 5.41) is -0.136. The summed E-state index contributed by atoms with van der Waals surface area (Å²) in [5.41, 5.74) is 7.49. The zero-order chi connectivity index (χ0) is 12.8. The minimum atomic E-state index is -3.10. The fraction of sp³-hybridized carbons (Fsp3) is 0.538. The molecule has 3 rings (SSSR count). The van der Waals surface area contributed by atoms with Crippen LogP contribution >= 0.6 is 0 Å². The SMILES string of the molecule is Nc1ccccc1CN(C1CC1)S(=O)(=O)C1CC1. The molecule has 5 heteroatoms. The first kappa shape index (κ1) is 12.0. The smallest absolute Gasteiger partial charge is 0.217 e. The van der Waals surface area contributed by atoms with E-state index in [1.54, 1.807) is 4.31 Å². The van der Waals surface area contributed by atoms with Gasteiger partial charge < -0.3 is 5.73 Å². The van der Waals surface area contributed by atoms with E-state index >= 15 is 0 Å². The molecule has 0 aromatic heterocycles. The first-order chi connectivity index (χ1) is 8.59. The topological polar surface area (TPSA) is 63.4 Å². The summed E-state index contributed by atoms with van der Waals surface area (Å²) in [5.74, 6) is 0. The summed E-state index contributed by atoms with van der Waals surface area (Å²) in [7, 11) is -3.10. The fourth-order valence-corrected chi connectivity index (χ4v) is 4.25. The van der Waals surface area contributed by atoms with Gasteiger partial charge >= 0.3 is 0 Å². The van der Waals surface area contributed by atoms with Crippen LogP contribution in [0.4, 0.5) is 5.69 Å². The number of para-hydroxylation sites is 1. The highest BCUT2D eigenvalue weighted by Crippen LogP contribution is 2.38. The second-order valence-electron chi connectivity index (χ2n) is 5.22. The quantitative estimate of drug-likeness (QED) is 0.825. The van der Waals surface area contributed by atoms with Crippen molar-refractivity contribution >= 4 is 15.7 Å². The summed E-state index contributed by atoms with van der Waals surface area (Å²) in [6, 6.07) is 7.71. The van der Waals surface area contributed by atoms with Crippen LogP contribution in [-0.4, -0.2) is 24.0 Å². The number of nitrogens with two attached hydrogens (primary N) is 1. The standard InChI is InChI=1S/C13H18N2O2S/c14-13-4-2-1-3-10(13)9-15(11-5-6-11)18(16,17)12-7-8-12/h1-4,11-12H,5-9,14H2. The average Bonchev–Trinajstić information content (AvgIpc) is 3.17. The zero-order valence-electron chi connectivity index (χ0n) is 10.2. The molecule has 1 aromatic carbocycles. The zero-order valence-corrected chi connectivity index (χ0v) is 11.1. The lowest BCUT2D eigenvalue weighted by Gasteiger charge is -2.22. The number of rotatable bonds is 5. The van der Waals surface area contributed by atoms with E-state index in [0.717, 1.165) is 31.2 Å². The Balaban J connectivity index is 1.85. The Hall–Kier alpha value is -1.07. The highest BCUT2D eigenvalue weighted by atomic mass is 32.2. The van der Waals surface area contributed by atoms with Gasteiger partial charge in [-0.3, -0.25) is 0 Å². The number of benzene rings is 1. The molecule has 18 heavy (non-hydrogen) atoms. The van der Waals surface area contributed by atoms with Gasteiger partial charge in [-0.15, -0.1) is 0 Å². The third kappa shape index (κ3) is 2.24. The summed E-state index contributed by atoms with van der Waals surface area (Å²) in [4.78, 5) is 0. The van der Waals surface area contributed by atoms with Crippen molar-refractivity contribution < 1.29 is 8.42 Å². The van der Waals surface area contributed by atoms with E-state index in [0.29, 0.717) is 12.2 Å². The van der Waals surface area contributed by atoms with Crippen LogP contribution in [0, 0.1) is 0 Å². The summed E-state index contributed by atoms with van der Waals surface area (Å²) in [6.07, 6.45) is 3.60. The third-order valence-electron chi connectivity index (χ3n) is 3.61. The van der Waals surface area contributed by atoms with Gasteiger partial charge in [-0.05, 0) is 37.3 Å². The molecule has 0 radical (unpaired) electrons. The minimum Gasteiger partial charge on any atom is -0.398 e. The Morgan fingerprint density at radius 2 is 1.83 bits per heavy atom. The first-order valence-corrected chi connectivity index (χ1v) is 7.93. The monoisotopic (exact) mass is 266 g/mol. The first-order valence-electron chi connectivity index (χ1n) is 6.43. The van der Waals surface area contributed by atoms with Gasteiger partial charge in [0.25, 0.3) is 0 Å². The maximum Gasteiger partial charge on any atom is 0.217 e. The molecule has 2 saturated carbocycles. The van der Waals surface area contributed by atoms with E-state index in [2.05, 4.69) is 0 Å². The molecule has 0 heterocycles. The molecule has 2 aliphatic carbocycles. The lowest BCUT2D eigenvalue weighted by atomic mass is 10.2. The average molecular weight is 266 g/mol. The molecule has 2 aliphatic rings. The predicted octanol–water partition coefficient (Wildman–Crippen LogP) is 1.73. The van der Waals surface area contributed by atoms with E-state index < -0.39 is 10.0 Å². The van der Waals surface area contributed by atoms with Gasteiger partial charge in [-0.1, -0.05) is 18.2 Å². The highest BCUT2D eigenvalue weighted by Gasteiger charge is 2.45. The van der Waals surface area contributed by atoms with Crippen molar-refractivity contribution in [2.24, 2.45) is 0 Å². The van der Waals surface area contributed by atoms with Crippen molar-refractivity contribution in [2.45, 2.75) is 43.5 Å². The number of sulfonamides is 1. The van der Waals surface area contributed by atoms with E-state index in [4.69, 9.17) is 5.73 Å². The normalized spacial score (nSPS) is 20.3. The van der Waals surface area contributed by atoms with Gasteiger partial charge in [0.15, 0.2) is 0 Å². The van der Waals surface area contributed by atoms with Crippen molar-refractivity contribution in [3.8, 4) is 0 Å². The van der Waals surface area contributed by atoms with Gasteiger partial charge in [0.1, 0.15) is 0 Å². The fourth-order valence-electron chi connectivity index (χ4n) is 2.19. The Bertz CT molecular complexity index is 548. The second-order valence-corrected chi connectivity index (χ2v) is 7.39. The van der Waals surface area contributed by atoms with E-state index in [1.807, 2.05) is 24.3 Å². The van der Waals surface area contributed by atoms with Crippen LogP contribution in [0.25, 0.3) is 0 Å². The Kier molecular flexibility index (Phi) is 2.83. The summed E-state index contributed by atoms with van der Waals surface area (Å²) < 4.78 is 26.4. The minimum absolute atomic E-state index is 0.136. The van der Waals surface area contributed by atoms with Gasteiger partial charge in [-0.2, -0.15) is 4.31 Å². The molecule has 2 N–H and O–H groups in total. The Morgan fingerprint density at radius 1 is 1.17 bits per heavy atom. The highest BCUT2D eigenvalue weighted by molar-refractivity contribution is 7.90. The van der Waals surface area contributed by atoms with E-state index in [-0.39, 0.29) is 11.3 Å². The Morgan fingerprint density at radius 3 is 2.39 bits per heavy atom. The van der Waals surface area contributed by atoms with Crippen LogP contribution < -0.4 is 5.73 Å². The number of anilines is 1. The van der Waals surface area contributed by atoms with Crippen LogP contribution in [0.3, 0.4) is 0 Å². The van der Waals surface area contributed by atoms with Gasteiger partial charge in [0.05, 0.1) is 5.25 Å². The molecule has 0 bridgehead atoms. The Labute approximate surface area is 108 Å². The van der Waals surface area contributed by atoms with Gasteiger partial charge in [0, 0.05) is 18.3 Å². The molecule has 98 valence electrons. The van der Waals surface area contributed by atoms with Crippen molar-refractivity contribution in [3.05, 3.63) is 29.8 Å². The molecule has 0 unspecified atom stereocenters. The molecule has 0 aliphatic heterocycles. The maximum atomic E-state index is 12.4. The van der Waals surface area contributed by atoms with Crippen molar-refractivity contribution in [1.82, 2.24) is 4.31 Å². The van der Waals surface area contributed by atoms with Crippen LogP contribution in [0.2, 0.25) is 0 Å². The third-order valence-corrected chi connectivity index (χ3v) is 6.00. The van der Waals surface area contributed by atoms with Crippen LogP contribution in [-0.2, 0) is 16.6 Å². The molecule has 4 nitrogen and oxygen atoms in total. The molecule has 0 spiro atoms. The lowest BCUT2D eigenvalue weighted by Crippen LogP contribution is -2.35. The maximum absolute atomic E-state index is 12.4. The van der Waals surface area contributed by atoms with Crippen molar-refractivity contribution in [3.63, 3.8) is 0 Å². The van der Waals surface area contributed by atoms with Crippen molar-refractivity contribution in [2.75, 3.05) is 5.73 Å². The summed E-state index contributed by atoms with van der Waals surface area (Å²) in [6.45, 7) is 0.427. The molecular weight excluding hydrogens is 248 g/mol. The molecule has 2 fully saturated rings. The number of nitrogen functional groups attached to an aromatic ring is 1. The molecular formula is C13H18N2O2S. The lowest BCUT2D eigenvalue weighted by molar-refractivity contribution is 0.398. The molecule has 0 atom stereocenters. The molecule has 1 aromatic rings. The van der Waals surface area contributed by atoms with Gasteiger partial charge in [-0.25, -0.2) is 8.42 Å². The number of hydrogen-bond donors (Lipinski definition) is 1. The second kappa shape index (κ2) is 4.24. The van der Waals surface area contributed by atoms with Crippen LogP contribution in [0.1, 0.15) is 31.2 Å². The molecule has 0 amide bonds. The summed E-state index contributed by atoms with van der Waals surface area (Å²) >= 11 is 0. The number of nitrogens with zero attached hydrogens (tertiary/aromatic N) is 1. The van der Waals surface area contributed by atoms with Crippen LogP contribution in [0.5, 0.6) is 0 Å². The predicted molar refractivity (Wildman–Crippen MR) is 71.4 cm³/mol.